The van der Waals surface area contributed by atoms with Gasteiger partial charge in [-0.2, -0.15) is 13.2 Å². The van der Waals surface area contributed by atoms with Crippen LogP contribution in [0.3, 0.4) is 0 Å². The molecule has 1 atom stereocenters. The van der Waals surface area contributed by atoms with Gasteiger partial charge in [-0.25, -0.2) is 0 Å². The summed E-state index contributed by atoms with van der Waals surface area (Å²) in [6.45, 7) is 3.17. The Morgan fingerprint density at radius 1 is 1.00 bits per heavy atom. The van der Waals surface area contributed by atoms with Crippen molar-refractivity contribution in [1.29, 1.82) is 0 Å². The molecule has 2 rings (SSSR count). The zero-order valence-corrected chi connectivity index (χ0v) is 12.9. The quantitative estimate of drug-likeness (QED) is 0.857. The number of aryl methyl sites for hydroxylation is 1. The van der Waals surface area contributed by atoms with Crippen molar-refractivity contribution in [3.63, 3.8) is 0 Å². The van der Waals surface area contributed by atoms with Gasteiger partial charge in [0.15, 0.2) is 0 Å². The maximum atomic E-state index is 13.0. The molecule has 23 heavy (non-hydrogen) atoms. The largest absolute Gasteiger partial charge is 0.390 e. The molecule has 2 aromatic rings. The number of hydrogen-bond acceptors (Lipinski definition) is 1. The average Bonchev–Trinajstić information content (AvgIpc) is 2.47. The number of alkyl halides is 3. The van der Waals surface area contributed by atoms with E-state index in [9.17, 15) is 18.0 Å². The van der Waals surface area contributed by atoms with Crippen molar-refractivity contribution in [2.45, 2.75) is 31.9 Å². The molecule has 1 amide bonds. The van der Waals surface area contributed by atoms with Crippen LogP contribution in [0.25, 0.3) is 0 Å². The Balaban J connectivity index is 2.36. The molecule has 122 valence electrons. The van der Waals surface area contributed by atoms with Gasteiger partial charge in [0.25, 0.3) is 0 Å². The molecule has 0 saturated heterocycles. The van der Waals surface area contributed by atoms with Crippen LogP contribution >= 0.6 is 0 Å². The number of hydrogen-bond donors (Lipinski definition) is 1. The first kappa shape index (κ1) is 17.1. The number of anilines is 1. The van der Waals surface area contributed by atoms with Crippen LogP contribution in [0.4, 0.5) is 18.9 Å². The maximum Gasteiger partial charge on any atom is 0.390 e. The van der Waals surface area contributed by atoms with E-state index in [0.29, 0.717) is 11.3 Å². The third kappa shape index (κ3) is 4.34. The lowest BCUT2D eigenvalue weighted by atomic mass is 9.78. The van der Waals surface area contributed by atoms with Gasteiger partial charge in [-0.1, -0.05) is 48.0 Å². The lowest BCUT2D eigenvalue weighted by Crippen LogP contribution is -2.41. The molecule has 0 fully saturated rings. The lowest BCUT2D eigenvalue weighted by Gasteiger charge is -2.30. The van der Waals surface area contributed by atoms with Crippen LogP contribution in [0.15, 0.2) is 54.6 Å². The molecule has 1 unspecified atom stereocenters. The number of carbonyl (C=O) groups is 1. The highest BCUT2D eigenvalue weighted by Crippen LogP contribution is 2.37. The molecule has 5 heteroatoms. The number of benzene rings is 2. The second kappa shape index (κ2) is 6.44. The van der Waals surface area contributed by atoms with Gasteiger partial charge in [-0.15, -0.1) is 0 Å². The minimum atomic E-state index is -4.45. The van der Waals surface area contributed by atoms with Gasteiger partial charge in [0, 0.05) is 5.69 Å². The fraction of sp³-hybridized carbons (Fsp3) is 0.278. The van der Waals surface area contributed by atoms with E-state index in [2.05, 4.69) is 5.32 Å². The summed E-state index contributed by atoms with van der Waals surface area (Å²) >= 11 is 0. The Labute approximate surface area is 133 Å². The molecule has 0 aromatic heterocycles. The highest BCUT2D eigenvalue weighted by molar-refractivity contribution is 5.98. The van der Waals surface area contributed by atoms with E-state index >= 15 is 0 Å². The summed E-state index contributed by atoms with van der Waals surface area (Å²) in [5, 5.41) is 2.58. The molecule has 0 aliphatic carbocycles. The number of para-hydroxylation sites is 1. The van der Waals surface area contributed by atoms with Crippen LogP contribution in [0, 0.1) is 6.92 Å². The molecular formula is C18H18F3NO. The standard InChI is InChI=1S/C18H18F3NO/c1-13-8-10-14(11-9-13)17(2,12-18(19,20)21)16(23)22-15-6-4-3-5-7-15/h3-11H,12H2,1-2H3,(H,22,23). The summed E-state index contributed by atoms with van der Waals surface area (Å²) < 4.78 is 39.1. The maximum absolute atomic E-state index is 13.0. The van der Waals surface area contributed by atoms with Crippen LogP contribution in [-0.4, -0.2) is 12.1 Å². The molecule has 0 radical (unpaired) electrons. The monoisotopic (exact) mass is 321 g/mol. The highest BCUT2D eigenvalue weighted by Gasteiger charge is 2.45. The number of halogens is 3. The Bertz CT molecular complexity index is 665. The summed E-state index contributed by atoms with van der Waals surface area (Å²) in [7, 11) is 0. The van der Waals surface area contributed by atoms with Gasteiger partial charge >= 0.3 is 6.18 Å². The normalized spacial score (nSPS) is 14.1. The van der Waals surface area contributed by atoms with Crippen LogP contribution in [0.2, 0.25) is 0 Å². The van der Waals surface area contributed by atoms with E-state index in [0.717, 1.165) is 5.56 Å². The number of carbonyl (C=O) groups excluding carboxylic acids is 1. The smallest absolute Gasteiger partial charge is 0.325 e. The third-order valence-corrected chi connectivity index (χ3v) is 3.78. The molecule has 0 bridgehead atoms. The zero-order chi connectivity index (χ0) is 17.1. The summed E-state index contributed by atoms with van der Waals surface area (Å²) in [6.07, 6.45) is -5.67. The van der Waals surface area contributed by atoms with E-state index < -0.39 is 23.9 Å². The molecule has 0 saturated carbocycles. The first-order valence-electron chi connectivity index (χ1n) is 7.21. The van der Waals surface area contributed by atoms with E-state index in [1.165, 1.54) is 6.92 Å². The zero-order valence-electron chi connectivity index (χ0n) is 12.9. The minimum absolute atomic E-state index is 0.342. The fourth-order valence-corrected chi connectivity index (χ4v) is 2.43. The summed E-state index contributed by atoms with van der Waals surface area (Å²) in [5.74, 6) is -0.676. The van der Waals surface area contributed by atoms with Crippen LogP contribution in [0.5, 0.6) is 0 Å². The average molecular weight is 321 g/mol. The van der Waals surface area contributed by atoms with Crippen molar-refractivity contribution in [3.8, 4) is 0 Å². The summed E-state index contributed by atoms with van der Waals surface area (Å²) in [5.41, 5.74) is 0.0420. The predicted octanol–water partition coefficient (Wildman–Crippen LogP) is 4.84. The van der Waals surface area contributed by atoms with Crippen molar-refractivity contribution < 1.29 is 18.0 Å². The summed E-state index contributed by atoms with van der Waals surface area (Å²) in [6, 6.07) is 15.0. The Morgan fingerprint density at radius 2 is 1.57 bits per heavy atom. The number of nitrogens with one attached hydrogen (secondary N) is 1. The highest BCUT2D eigenvalue weighted by atomic mass is 19.4. The summed E-state index contributed by atoms with van der Waals surface area (Å²) in [4.78, 5) is 12.6. The Hall–Kier alpha value is -2.30. The first-order chi connectivity index (χ1) is 10.7. The minimum Gasteiger partial charge on any atom is -0.325 e. The van der Waals surface area contributed by atoms with Crippen LogP contribution in [-0.2, 0) is 10.2 Å². The van der Waals surface area contributed by atoms with Gasteiger partial charge in [0.1, 0.15) is 0 Å². The second-order valence-electron chi connectivity index (χ2n) is 5.81. The molecular weight excluding hydrogens is 303 g/mol. The van der Waals surface area contributed by atoms with E-state index in [1.54, 1.807) is 54.6 Å². The Kier molecular flexibility index (Phi) is 4.78. The molecule has 1 N–H and O–H groups in total. The molecule has 2 aromatic carbocycles. The molecule has 0 spiro atoms. The van der Waals surface area contributed by atoms with Crippen LogP contribution in [0.1, 0.15) is 24.5 Å². The van der Waals surface area contributed by atoms with Crippen molar-refractivity contribution in [3.05, 3.63) is 65.7 Å². The van der Waals surface area contributed by atoms with E-state index in [-0.39, 0.29) is 0 Å². The van der Waals surface area contributed by atoms with Gasteiger partial charge < -0.3 is 5.32 Å². The molecule has 2 nitrogen and oxygen atoms in total. The van der Waals surface area contributed by atoms with Crippen molar-refractivity contribution >= 4 is 11.6 Å². The molecule has 0 aliphatic heterocycles. The lowest BCUT2D eigenvalue weighted by molar-refractivity contribution is -0.155. The first-order valence-corrected chi connectivity index (χ1v) is 7.21. The molecule has 0 heterocycles. The van der Waals surface area contributed by atoms with Gasteiger partial charge in [-0.05, 0) is 31.5 Å². The van der Waals surface area contributed by atoms with Gasteiger partial charge in [0.05, 0.1) is 11.8 Å². The van der Waals surface area contributed by atoms with E-state index in [1.807, 2.05) is 6.92 Å². The van der Waals surface area contributed by atoms with Crippen molar-refractivity contribution in [2.75, 3.05) is 5.32 Å². The third-order valence-electron chi connectivity index (χ3n) is 3.78. The molecule has 0 aliphatic rings. The van der Waals surface area contributed by atoms with Gasteiger partial charge in [-0.3, -0.25) is 4.79 Å². The van der Waals surface area contributed by atoms with Crippen LogP contribution < -0.4 is 5.32 Å². The van der Waals surface area contributed by atoms with Gasteiger partial charge in [0.2, 0.25) is 5.91 Å². The SMILES string of the molecule is Cc1ccc(C(C)(CC(F)(F)F)C(=O)Nc2ccccc2)cc1. The number of rotatable bonds is 4. The fourth-order valence-electron chi connectivity index (χ4n) is 2.43. The van der Waals surface area contributed by atoms with Crippen molar-refractivity contribution in [1.82, 2.24) is 0 Å². The Morgan fingerprint density at radius 3 is 2.09 bits per heavy atom. The van der Waals surface area contributed by atoms with E-state index in [4.69, 9.17) is 0 Å². The van der Waals surface area contributed by atoms with Crippen molar-refractivity contribution in [2.24, 2.45) is 0 Å². The predicted molar refractivity (Wildman–Crippen MR) is 84.3 cm³/mol. The number of amides is 1. The topological polar surface area (TPSA) is 29.1 Å². The second-order valence-corrected chi connectivity index (χ2v) is 5.81.